The molecule has 0 aliphatic heterocycles. The molecule has 0 bridgehead atoms. The van der Waals surface area contributed by atoms with Crippen molar-refractivity contribution in [2.45, 2.75) is 51.6 Å². The average molecular weight is 345 g/mol. The van der Waals surface area contributed by atoms with Crippen LogP contribution in [0.4, 0.5) is 0 Å². The summed E-state index contributed by atoms with van der Waals surface area (Å²) in [5.74, 6) is 0.0697. The molecule has 0 saturated heterocycles. The third-order valence-electron chi connectivity index (χ3n) is 4.32. The van der Waals surface area contributed by atoms with E-state index in [4.69, 9.17) is 9.47 Å². The minimum absolute atomic E-state index is 0.133. The maximum atomic E-state index is 12.0. The Morgan fingerprint density at radius 1 is 1.20 bits per heavy atom. The predicted octanol–water partition coefficient (Wildman–Crippen LogP) is 3.18. The molecule has 1 aliphatic rings. The van der Waals surface area contributed by atoms with E-state index < -0.39 is 12.1 Å². The maximum absolute atomic E-state index is 12.0. The van der Waals surface area contributed by atoms with Crippen LogP contribution in [0.25, 0.3) is 0 Å². The van der Waals surface area contributed by atoms with Gasteiger partial charge in [-0.05, 0) is 56.7 Å². The molecule has 1 N–H and O–H groups in total. The van der Waals surface area contributed by atoms with Gasteiger partial charge >= 0.3 is 5.97 Å². The first-order chi connectivity index (χ1) is 12.1. The van der Waals surface area contributed by atoms with Crippen molar-refractivity contribution in [2.24, 2.45) is 0 Å². The number of carbonyl (C=O) groups excluding carboxylic acids is 2. The Kier molecular flexibility index (Phi) is 7.51. The van der Waals surface area contributed by atoms with Crippen molar-refractivity contribution in [2.75, 3.05) is 13.7 Å². The van der Waals surface area contributed by atoms with Gasteiger partial charge in [-0.25, -0.2) is 0 Å². The van der Waals surface area contributed by atoms with Gasteiger partial charge < -0.3 is 14.8 Å². The van der Waals surface area contributed by atoms with Gasteiger partial charge in [0.05, 0.1) is 13.5 Å². The van der Waals surface area contributed by atoms with E-state index in [0.29, 0.717) is 6.54 Å². The van der Waals surface area contributed by atoms with Crippen LogP contribution in [0.5, 0.6) is 5.75 Å². The first-order valence-electron chi connectivity index (χ1n) is 8.86. The molecule has 0 heterocycles. The summed E-state index contributed by atoms with van der Waals surface area (Å²) in [6.45, 7) is 2.19. The van der Waals surface area contributed by atoms with Crippen LogP contribution in [0, 0.1) is 0 Å². The summed E-state index contributed by atoms with van der Waals surface area (Å²) < 4.78 is 10.3. The van der Waals surface area contributed by atoms with Gasteiger partial charge in [0.1, 0.15) is 5.75 Å². The second-order valence-electron chi connectivity index (χ2n) is 6.31. The normalized spacial score (nSPS) is 15.0. The van der Waals surface area contributed by atoms with Crippen LogP contribution in [0.3, 0.4) is 0 Å². The molecule has 1 aromatic carbocycles. The fraction of sp³-hybridized carbons (Fsp3) is 0.500. The summed E-state index contributed by atoms with van der Waals surface area (Å²) in [5.41, 5.74) is 2.23. The predicted molar refractivity (Wildman–Crippen MR) is 96.4 cm³/mol. The largest absolute Gasteiger partial charge is 0.497 e. The van der Waals surface area contributed by atoms with Crippen molar-refractivity contribution in [1.82, 2.24) is 5.32 Å². The Hall–Kier alpha value is -2.30. The second kappa shape index (κ2) is 9.87. The number of allylic oxidation sites excluding steroid dienone is 1. The van der Waals surface area contributed by atoms with E-state index in [-0.39, 0.29) is 12.3 Å². The van der Waals surface area contributed by atoms with Gasteiger partial charge in [0, 0.05) is 6.54 Å². The Bertz CT molecular complexity index is 607. The van der Waals surface area contributed by atoms with Crippen molar-refractivity contribution in [1.29, 1.82) is 0 Å². The van der Waals surface area contributed by atoms with Gasteiger partial charge in [-0.2, -0.15) is 0 Å². The number of rotatable bonds is 8. The topological polar surface area (TPSA) is 64.6 Å². The summed E-state index contributed by atoms with van der Waals surface area (Å²) in [5, 5.41) is 2.84. The van der Waals surface area contributed by atoms with Gasteiger partial charge in [-0.1, -0.05) is 23.8 Å². The average Bonchev–Trinajstić information content (AvgIpc) is 2.63. The Morgan fingerprint density at radius 3 is 2.60 bits per heavy atom. The lowest BCUT2D eigenvalue weighted by atomic mass is 9.97. The number of carbonyl (C=O) groups is 2. The molecule has 5 nitrogen and oxygen atoms in total. The quantitative estimate of drug-likeness (QED) is 0.580. The molecule has 0 fully saturated rings. The van der Waals surface area contributed by atoms with Crippen LogP contribution < -0.4 is 10.1 Å². The van der Waals surface area contributed by atoms with E-state index in [0.717, 1.165) is 30.6 Å². The van der Waals surface area contributed by atoms with Crippen LogP contribution >= 0.6 is 0 Å². The summed E-state index contributed by atoms with van der Waals surface area (Å²) in [6, 6.07) is 7.20. The maximum Gasteiger partial charge on any atom is 0.311 e. The summed E-state index contributed by atoms with van der Waals surface area (Å²) >= 11 is 0. The molecule has 0 radical (unpaired) electrons. The van der Waals surface area contributed by atoms with Gasteiger partial charge in [-0.3, -0.25) is 9.59 Å². The highest BCUT2D eigenvalue weighted by atomic mass is 16.5. The van der Waals surface area contributed by atoms with Crippen LogP contribution in [0.1, 0.15) is 44.6 Å². The van der Waals surface area contributed by atoms with Crippen molar-refractivity contribution < 1.29 is 19.1 Å². The van der Waals surface area contributed by atoms with Gasteiger partial charge in [0.2, 0.25) is 0 Å². The molecule has 1 atom stereocenters. The number of amides is 1. The number of esters is 1. The molecule has 1 aromatic rings. The monoisotopic (exact) mass is 345 g/mol. The number of benzene rings is 1. The third-order valence-corrected chi connectivity index (χ3v) is 4.32. The van der Waals surface area contributed by atoms with Gasteiger partial charge in [0.25, 0.3) is 5.91 Å². The number of methoxy groups -OCH3 is 1. The molecular formula is C20H27NO4. The van der Waals surface area contributed by atoms with Crippen LogP contribution in [-0.4, -0.2) is 31.6 Å². The summed E-state index contributed by atoms with van der Waals surface area (Å²) in [7, 11) is 1.59. The van der Waals surface area contributed by atoms with Gasteiger partial charge in [-0.15, -0.1) is 0 Å². The molecule has 2 rings (SSSR count). The minimum atomic E-state index is -0.786. The second-order valence-corrected chi connectivity index (χ2v) is 6.31. The molecule has 0 unspecified atom stereocenters. The molecular weight excluding hydrogens is 318 g/mol. The molecule has 1 aliphatic carbocycles. The zero-order chi connectivity index (χ0) is 18.1. The fourth-order valence-electron chi connectivity index (χ4n) is 2.82. The number of ether oxygens (including phenoxy) is 2. The Morgan fingerprint density at radius 2 is 1.96 bits per heavy atom. The highest BCUT2D eigenvalue weighted by Gasteiger charge is 2.17. The third kappa shape index (κ3) is 6.61. The first kappa shape index (κ1) is 19.0. The van der Waals surface area contributed by atoms with E-state index >= 15 is 0 Å². The lowest BCUT2D eigenvalue weighted by Crippen LogP contribution is -2.36. The molecule has 136 valence electrons. The Balaban J connectivity index is 1.69. The molecule has 5 heteroatoms. The Labute approximate surface area is 149 Å². The van der Waals surface area contributed by atoms with E-state index in [2.05, 4.69) is 11.4 Å². The zero-order valence-corrected chi connectivity index (χ0v) is 15.0. The van der Waals surface area contributed by atoms with Crippen LogP contribution in [0.15, 0.2) is 35.9 Å². The van der Waals surface area contributed by atoms with E-state index in [9.17, 15) is 9.59 Å². The number of hydrogen-bond acceptors (Lipinski definition) is 4. The standard InChI is InChI=1S/C20H27NO4/c1-15(20(23)21-13-12-16-6-4-3-5-7-16)25-19(22)14-17-8-10-18(24-2)11-9-17/h6,8-11,15H,3-5,7,12-14H2,1-2H3,(H,21,23)/t15-/m0/s1. The van der Waals surface area contributed by atoms with Crippen molar-refractivity contribution in [3.05, 3.63) is 41.5 Å². The molecule has 0 aromatic heterocycles. The molecule has 25 heavy (non-hydrogen) atoms. The molecule has 1 amide bonds. The van der Waals surface area contributed by atoms with Crippen molar-refractivity contribution in [3.63, 3.8) is 0 Å². The summed E-state index contributed by atoms with van der Waals surface area (Å²) in [6.07, 6.45) is 7.26. The van der Waals surface area contributed by atoms with E-state index in [1.165, 1.54) is 18.4 Å². The minimum Gasteiger partial charge on any atom is -0.497 e. The summed E-state index contributed by atoms with van der Waals surface area (Å²) in [4.78, 5) is 24.0. The SMILES string of the molecule is COc1ccc(CC(=O)O[C@@H](C)C(=O)NCCC2=CCCCC2)cc1. The van der Waals surface area contributed by atoms with Crippen molar-refractivity contribution in [3.8, 4) is 5.75 Å². The smallest absolute Gasteiger partial charge is 0.311 e. The van der Waals surface area contributed by atoms with Gasteiger partial charge in [0.15, 0.2) is 6.10 Å². The molecule has 0 spiro atoms. The van der Waals surface area contributed by atoms with Crippen LogP contribution in [0.2, 0.25) is 0 Å². The number of nitrogens with one attached hydrogen (secondary N) is 1. The lowest BCUT2D eigenvalue weighted by molar-refractivity contribution is -0.154. The number of hydrogen-bond donors (Lipinski definition) is 1. The van der Waals surface area contributed by atoms with Crippen molar-refractivity contribution >= 4 is 11.9 Å². The fourth-order valence-corrected chi connectivity index (χ4v) is 2.82. The highest BCUT2D eigenvalue weighted by molar-refractivity contribution is 5.83. The van der Waals surface area contributed by atoms with E-state index in [1.807, 2.05) is 12.1 Å². The zero-order valence-electron chi connectivity index (χ0n) is 15.0. The lowest BCUT2D eigenvalue weighted by Gasteiger charge is -2.15. The molecule has 0 saturated carbocycles. The van der Waals surface area contributed by atoms with E-state index in [1.54, 1.807) is 26.2 Å². The highest BCUT2D eigenvalue weighted by Crippen LogP contribution is 2.19. The van der Waals surface area contributed by atoms with Crippen LogP contribution in [-0.2, 0) is 20.7 Å². The first-order valence-corrected chi connectivity index (χ1v) is 8.86.